The molecule has 2 heterocycles. The lowest BCUT2D eigenvalue weighted by Gasteiger charge is -2.29. The third kappa shape index (κ3) is 5.03. The van der Waals surface area contributed by atoms with E-state index in [4.69, 9.17) is 17.3 Å². The van der Waals surface area contributed by atoms with E-state index in [0.717, 1.165) is 23.6 Å². The molecule has 3 aromatic rings. The van der Waals surface area contributed by atoms with E-state index in [1.54, 1.807) is 0 Å². The van der Waals surface area contributed by atoms with Crippen LogP contribution in [0.1, 0.15) is 25.8 Å². The predicted molar refractivity (Wildman–Crippen MR) is 131 cm³/mol. The Hall–Kier alpha value is -2.29. The molecule has 1 aliphatic rings. The molecule has 0 aliphatic carbocycles. The van der Waals surface area contributed by atoms with E-state index in [9.17, 15) is 8.42 Å². The van der Waals surface area contributed by atoms with E-state index in [0.29, 0.717) is 23.8 Å². The Labute approximate surface area is 195 Å². The first-order valence-corrected chi connectivity index (χ1v) is 13.2. The van der Waals surface area contributed by atoms with E-state index in [2.05, 4.69) is 49.9 Å². The molecule has 2 aromatic carbocycles. The molecule has 1 atom stereocenters. The van der Waals surface area contributed by atoms with Crippen LogP contribution in [0.5, 0.6) is 0 Å². The van der Waals surface area contributed by atoms with Gasteiger partial charge in [-0.05, 0) is 43.6 Å². The van der Waals surface area contributed by atoms with Gasteiger partial charge in [0.2, 0.25) is 4.77 Å². The lowest BCUT2D eigenvalue weighted by Crippen LogP contribution is -2.40. The normalized spacial score (nSPS) is 18.0. The summed E-state index contributed by atoms with van der Waals surface area (Å²) in [6, 6.07) is 18.3. The first-order chi connectivity index (χ1) is 15.2. The summed E-state index contributed by atoms with van der Waals surface area (Å²) in [7, 11) is -2.97. The number of rotatable bonds is 7. The molecule has 4 rings (SSSR count). The summed E-state index contributed by atoms with van der Waals surface area (Å²) in [6.07, 6.45) is 0.659. The van der Waals surface area contributed by atoms with Crippen molar-refractivity contribution in [2.24, 2.45) is 5.92 Å². The van der Waals surface area contributed by atoms with Crippen molar-refractivity contribution < 1.29 is 8.42 Å². The summed E-state index contributed by atoms with van der Waals surface area (Å²) in [5.41, 5.74) is 3.13. The predicted octanol–water partition coefficient (Wildman–Crippen LogP) is 4.48. The molecule has 0 N–H and O–H groups in total. The molecule has 32 heavy (non-hydrogen) atoms. The molecule has 1 aromatic heterocycles. The lowest BCUT2D eigenvalue weighted by atomic mass is 10.1. The number of nitrogens with zero attached hydrogens (tertiary/aromatic N) is 4. The van der Waals surface area contributed by atoms with Crippen LogP contribution in [0, 0.1) is 17.6 Å². The van der Waals surface area contributed by atoms with Crippen molar-refractivity contribution in [2.45, 2.75) is 39.9 Å². The van der Waals surface area contributed by atoms with Gasteiger partial charge < -0.3 is 0 Å². The third-order valence-corrected chi connectivity index (χ3v) is 7.95. The Morgan fingerprint density at radius 1 is 1.12 bits per heavy atom. The third-order valence-electron chi connectivity index (χ3n) is 5.80. The maximum Gasteiger partial charge on any atom is 0.204 e. The fraction of sp³-hybridized carbons (Fsp3) is 0.417. The summed E-state index contributed by atoms with van der Waals surface area (Å²) in [5.74, 6) is 1.64. The number of aromatic nitrogens is 3. The van der Waals surface area contributed by atoms with Crippen molar-refractivity contribution in [3.05, 3.63) is 64.9 Å². The van der Waals surface area contributed by atoms with Crippen LogP contribution < -0.4 is 0 Å². The molecule has 0 unspecified atom stereocenters. The second-order valence-corrected chi connectivity index (χ2v) is 11.6. The summed E-state index contributed by atoms with van der Waals surface area (Å²) in [4.78, 5) is 2.23. The van der Waals surface area contributed by atoms with Crippen molar-refractivity contribution in [1.29, 1.82) is 0 Å². The van der Waals surface area contributed by atoms with E-state index < -0.39 is 9.84 Å². The molecule has 6 nitrogen and oxygen atoms in total. The summed E-state index contributed by atoms with van der Waals surface area (Å²) in [6.45, 7) is 7.62. The van der Waals surface area contributed by atoms with Crippen molar-refractivity contribution in [3.8, 4) is 17.1 Å². The average Bonchev–Trinajstić information content (AvgIpc) is 3.28. The van der Waals surface area contributed by atoms with Gasteiger partial charge in [-0.15, -0.1) is 5.10 Å². The molecule has 1 saturated heterocycles. The maximum atomic E-state index is 12.1. The number of hydrogen-bond donors (Lipinski definition) is 0. The summed E-state index contributed by atoms with van der Waals surface area (Å²) < 4.78 is 28.7. The van der Waals surface area contributed by atoms with Gasteiger partial charge in [0, 0.05) is 23.8 Å². The van der Waals surface area contributed by atoms with Gasteiger partial charge in [0.1, 0.15) is 0 Å². The minimum atomic E-state index is -2.97. The number of sulfone groups is 1. The Morgan fingerprint density at radius 2 is 1.81 bits per heavy atom. The molecule has 0 spiro atoms. The Bertz CT molecular complexity index is 1230. The van der Waals surface area contributed by atoms with Crippen LogP contribution in [0.4, 0.5) is 0 Å². The molecule has 0 amide bonds. The van der Waals surface area contributed by atoms with Gasteiger partial charge in [-0.25, -0.2) is 13.1 Å². The van der Waals surface area contributed by atoms with Crippen LogP contribution in [0.15, 0.2) is 54.6 Å². The van der Waals surface area contributed by atoms with Crippen LogP contribution in [-0.4, -0.2) is 51.8 Å². The molecule has 0 radical (unpaired) electrons. The Kier molecular flexibility index (Phi) is 6.65. The molecule has 0 saturated carbocycles. The van der Waals surface area contributed by atoms with E-state index >= 15 is 0 Å². The zero-order chi connectivity index (χ0) is 22.9. The van der Waals surface area contributed by atoms with Gasteiger partial charge in [-0.1, -0.05) is 61.9 Å². The van der Waals surface area contributed by atoms with E-state index in [-0.39, 0.29) is 17.5 Å². The van der Waals surface area contributed by atoms with Crippen LogP contribution in [0.3, 0.4) is 0 Å². The molecule has 1 aliphatic heterocycles. The minimum absolute atomic E-state index is 0.00556. The highest BCUT2D eigenvalue weighted by molar-refractivity contribution is 7.91. The average molecular weight is 471 g/mol. The van der Waals surface area contributed by atoms with Gasteiger partial charge in [0.15, 0.2) is 15.7 Å². The molecular weight excluding hydrogens is 440 g/mol. The van der Waals surface area contributed by atoms with Crippen molar-refractivity contribution >= 4 is 22.1 Å². The maximum absolute atomic E-state index is 12.1. The van der Waals surface area contributed by atoms with Crippen molar-refractivity contribution in [3.63, 3.8) is 0 Å². The van der Waals surface area contributed by atoms with Gasteiger partial charge in [-0.3, -0.25) is 9.47 Å². The van der Waals surface area contributed by atoms with Gasteiger partial charge >= 0.3 is 0 Å². The second-order valence-electron chi connectivity index (χ2n) is 9.01. The van der Waals surface area contributed by atoms with Crippen LogP contribution in [-0.2, 0) is 16.5 Å². The number of aryl methyl sites for hydroxylation is 1. The molecule has 8 heteroatoms. The number of benzene rings is 2. The highest BCUT2D eigenvalue weighted by Gasteiger charge is 2.33. The fourth-order valence-electron chi connectivity index (χ4n) is 4.23. The highest BCUT2D eigenvalue weighted by Crippen LogP contribution is 2.25. The molecule has 170 valence electrons. The lowest BCUT2D eigenvalue weighted by molar-refractivity contribution is 0.137. The smallest absolute Gasteiger partial charge is 0.204 e. The van der Waals surface area contributed by atoms with E-state index in [1.807, 2.05) is 39.6 Å². The zero-order valence-electron chi connectivity index (χ0n) is 18.8. The first kappa shape index (κ1) is 22.9. The van der Waals surface area contributed by atoms with Crippen molar-refractivity contribution in [1.82, 2.24) is 19.2 Å². The first-order valence-electron chi connectivity index (χ1n) is 11.0. The van der Waals surface area contributed by atoms with Gasteiger partial charge in [0.05, 0.1) is 18.2 Å². The zero-order valence-corrected chi connectivity index (χ0v) is 20.4. The molecule has 0 bridgehead atoms. The van der Waals surface area contributed by atoms with Crippen molar-refractivity contribution in [2.75, 3.05) is 18.1 Å². The monoisotopic (exact) mass is 470 g/mol. The van der Waals surface area contributed by atoms with Crippen LogP contribution in [0.2, 0.25) is 0 Å². The second kappa shape index (κ2) is 9.29. The van der Waals surface area contributed by atoms with Crippen LogP contribution in [0.25, 0.3) is 17.1 Å². The standard InChI is InChI=1S/C24H30N4O2S2/c1-18(2)15-26(22-13-14-32(29,30)16-22)17-27-24(31)28(21-11-9-19(3)10-12-21)23(25-27)20-7-5-4-6-8-20/h4-12,18,22H,13-17H2,1-3H3/t22-/m1/s1. The summed E-state index contributed by atoms with van der Waals surface area (Å²) in [5, 5.41) is 4.92. The largest absolute Gasteiger partial charge is 0.280 e. The van der Waals surface area contributed by atoms with Gasteiger partial charge in [0.25, 0.3) is 0 Å². The minimum Gasteiger partial charge on any atom is -0.280 e. The Morgan fingerprint density at radius 3 is 2.41 bits per heavy atom. The Balaban J connectivity index is 1.76. The highest BCUT2D eigenvalue weighted by atomic mass is 32.2. The fourth-order valence-corrected chi connectivity index (χ4v) is 6.28. The topological polar surface area (TPSA) is 60.1 Å². The number of hydrogen-bond acceptors (Lipinski definition) is 5. The van der Waals surface area contributed by atoms with Gasteiger partial charge in [-0.2, -0.15) is 0 Å². The summed E-state index contributed by atoms with van der Waals surface area (Å²) >= 11 is 5.90. The SMILES string of the molecule is Cc1ccc(-n2c(-c3ccccc3)nn(CN(CC(C)C)[C@@H]3CCS(=O)(=O)C3)c2=S)cc1. The molecular formula is C24H30N4O2S2. The van der Waals surface area contributed by atoms with Crippen LogP contribution >= 0.6 is 12.2 Å². The molecule has 1 fully saturated rings. The van der Waals surface area contributed by atoms with E-state index in [1.165, 1.54) is 5.56 Å². The quantitative estimate of drug-likeness (QED) is 0.477.